The molecule has 1 aromatic heterocycles. The average Bonchev–Trinajstić information content (AvgIpc) is 2.69. The Balaban J connectivity index is 1.48. The lowest BCUT2D eigenvalue weighted by Crippen LogP contribution is -2.24. The second-order valence-electron chi connectivity index (χ2n) is 5.88. The zero-order valence-corrected chi connectivity index (χ0v) is 15.2. The maximum Gasteiger partial charge on any atom is 0.272 e. The van der Waals surface area contributed by atoms with Crippen LogP contribution in [0.15, 0.2) is 60.7 Å². The van der Waals surface area contributed by atoms with Gasteiger partial charge >= 0.3 is 0 Å². The van der Waals surface area contributed by atoms with Gasteiger partial charge in [0.2, 0.25) is 0 Å². The van der Waals surface area contributed by atoms with Gasteiger partial charge in [-0.1, -0.05) is 41.9 Å². The third kappa shape index (κ3) is 5.49. The molecule has 0 aliphatic carbocycles. The zero-order valence-electron chi connectivity index (χ0n) is 14.5. The van der Waals surface area contributed by atoms with Gasteiger partial charge in [0.15, 0.2) is 5.69 Å². The number of carbonyl (C=O) groups excluding carboxylic acids is 1. The van der Waals surface area contributed by atoms with Crippen molar-refractivity contribution in [3.63, 3.8) is 0 Å². The summed E-state index contributed by atoms with van der Waals surface area (Å²) < 4.78 is 12.9. The lowest BCUT2D eigenvalue weighted by molar-refractivity contribution is 0.0945. The summed E-state index contributed by atoms with van der Waals surface area (Å²) in [6.45, 7) is 0.941. The molecular weight excluding hydrogens is 367 g/mol. The van der Waals surface area contributed by atoms with Crippen LogP contribution >= 0.6 is 11.6 Å². The van der Waals surface area contributed by atoms with Crippen molar-refractivity contribution < 1.29 is 9.18 Å². The predicted octanol–water partition coefficient (Wildman–Crippen LogP) is 3.85. The van der Waals surface area contributed by atoms with Gasteiger partial charge in [-0.2, -0.15) is 0 Å². The highest BCUT2D eigenvalue weighted by Gasteiger charge is 2.09. The first-order valence-corrected chi connectivity index (χ1v) is 8.83. The number of halogens is 2. The Kier molecular flexibility index (Phi) is 6.33. The van der Waals surface area contributed by atoms with Gasteiger partial charge in [-0.15, -0.1) is 10.2 Å². The van der Waals surface area contributed by atoms with E-state index in [1.54, 1.807) is 30.3 Å². The highest BCUT2D eigenvalue weighted by Crippen LogP contribution is 2.14. The van der Waals surface area contributed by atoms with E-state index in [-0.39, 0.29) is 17.4 Å². The molecule has 7 heteroatoms. The summed E-state index contributed by atoms with van der Waals surface area (Å²) in [6.07, 6.45) is 0.724. The molecule has 0 fully saturated rings. The molecule has 1 amide bonds. The molecule has 0 aliphatic rings. The number of anilines is 1. The molecule has 0 bridgehead atoms. The van der Waals surface area contributed by atoms with Gasteiger partial charge < -0.3 is 10.6 Å². The molecule has 0 unspecified atom stereocenters. The fraction of sp³-hybridized carbons (Fsp3) is 0.150. The zero-order chi connectivity index (χ0) is 19.1. The van der Waals surface area contributed by atoms with Gasteiger partial charge in [0.1, 0.15) is 11.6 Å². The van der Waals surface area contributed by atoms with E-state index in [9.17, 15) is 9.18 Å². The molecular formula is C20H18ClFN4O. The molecule has 0 aliphatic heterocycles. The van der Waals surface area contributed by atoms with E-state index in [1.165, 1.54) is 12.1 Å². The summed E-state index contributed by atoms with van der Waals surface area (Å²) in [4.78, 5) is 12.2. The lowest BCUT2D eigenvalue weighted by atomic mass is 10.1. The molecule has 1 heterocycles. The quantitative estimate of drug-likeness (QED) is 0.649. The normalized spacial score (nSPS) is 10.4. The minimum atomic E-state index is -0.319. The predicted molar refractivity (Wildman–Crippen MR) is 103 cm³/mol. The number of rotatable bonds is 7. The fourth-order valence-corrected chi connectivity index (χ4v) is 2.64. The molecule has 138 valence electrons. The van der Waals surface area contributed by atoms with Gasteiger partial charge in [0.25, 0.3) is 5.91 Å². The number of hydrogen-bond donors (Lipinski definition) is 2. The first-order chi connectivity index (χ1) is 13.1. The standard InChI is InChI=1S/C20H18ClFN4O/c21-17-4-2-1-3-15(17)13-24-20(27)18-9-10-19(26-25-18)23-12-11-14-5-7-16(22)8-6-14/h1-10H,11-13H2,(H,23,26)(H,24,27). The van der Waals surface area contributed by atoms with Crippen LogP contribution in [0.3, 0.4) is 0 Å². The van der Waals surface area contributed by atoms with Crippen LogP contribution in [0.5, 0.6) is 0 Å². The summed E-state index contributed by atoms with van der Waals surface area (Å²) in [7, 11) is 0. The van der Waals surface area contributed by atoms with E-state index >= 15 is 0 Å². The Morgan fingerprint density at radius 2 is 1.78 bits per heavy atom. The molecule has 2 aromatic carbocycles. The molecule has 0 atom stereocenters. The molecule has 0 saturated heterocycles. The van der Waals surface area contributed by atoms with Crippen LogP contribution in [-0.4, -0.2) is 22.6 Å². The summed E-state index contributed by atoms with van der Waals surface area (Å²) >= 11 is 6.07. The van der Waals surface area contributed by atoms with Crippen LogP contribution in [0.4, 0.5) is 10.2 Å². The number of amides is 1. The fourth-order valence-electron chi connectivity index (χ4n) is 2.44. The number of nitrogens with zero attached hydrogens (tertiary/aromatic N) is 2. The SMILES string of the molecule is O=C(NCc1ccccc1Cl)c1ccc(NCCc2ccc(F)cc2)nn1. The molecule has 3 rings (SSSR count). The van der Waals surface area contributed by atoms with E-state index in [1.807, 2.05) is 18.2 Å². The van der Waals surface area contributed by atoms with Crippen molar-refractivity contribution >= 4 is 23.3 Å². The van der Waals surface area contributed by atoms with Crippen molar-refractivity contribution in [1.82, 2.24) is 15.5 Å². The Morgan fingerprint density at radius 3 is 2.48 bits per heavy atom. The Hall–Kier alpha value is -2.99. The molecule has 2 N–H and O–H groups in total. The number of benzene rings is 2. The second-order valence-corrected chi connectivity index (χ2v) is 6.29. The number of hydrogen-bond acceptors (Lipinski definition) is 4. The minimum Gasteiger partial charge on any atom is -0.368 e. The lowest BCUT2D eigenvalue weighted by Gasteiger charge is -2.07. The number of nitrogens with one attached hydrogen (secondary N) is 2. The average molecular weight is 385 g/mol. The smallest absolute Gasteiger partial charge is 0.272 e. The van der Waals surface area contributed by atoms with E-state index in [0.717, 1.165) is 17.5 Å². The van der Waals surface area contributed by atoms with Gasteiger partial charge in [0.05, 0.1) is 0 Å². The van der Waals surface area contributed by atoms with Crippen molar-refractivity contribution in [3.05, 3.63) is 88.3 Å². The van der Waals surface area contributed by atoms with Crippen molar-refractivity contribution in [2.24, 2.45) is 0 Å². The van der Waals surface area contributed by atoms with Crippen LogP contribution in [0.2, 0.25) is 5.02 Å². The molecule has 5 nitrogen and oxygen atoms in total. The minimum absolute atomic E-state index is 0.228. The summed E-state index contributed by atoms with van der Waals surface area (Å²) in [5.41, 5.74) is 2.08. The molecule has 0 saturated carbocycles. The second kappa shape index (κ2) is 9.09. The number of aromatic nitrogens is 2. The van der Waals surface area contributed by atoms with E-state index in [0.29, 0.717) is 23.9 Å². The van der Waals surface area contributed by atoms with Crippen LogP contribution in [0.1, 0.15) is 21.6 Å². The van der Waals surface area contributed by atoms with Gasteiger partial charge in [0, 0.05) is 18.1 Å². The molecule has 27 heavy (non-hydrogen) atoms. The molecule has 0 radical (unpaired) electrons. The molecule has 3 aromatic rings. The number of carbonyl (C=O) groups is 1. The third-order valence-electron chi connectivity index (χ3n) is 3.93. The van der Waals surface area contributed by atoms with Crippen molar-refractivity contribution in [2.45, 2.75) is 13.0 Å². The Bertz CT molecular complexity index is 901. The monoisotopic (exact) mass is 384 g/mol. The van der Waals surface area contributed by atoms with E-state index in [4.69, 9.17) is 11.6 Å². The van der Waals surface area contributed by atoms with Crippen LogP contribution in [0, 0.1) is 5.82 Å². The topological polar surface area (TPSA) is 66.9 Å². The first-order valence-electron chi connectivity index (χ1n) is 8.45. The highest BCUT2D eigenvalue weighted by molar-refractivity contribution is 6.31. The van der Waals surface area contributed by atoms with E-state index < -0.39 is 0 Å². The summed E-state index contributed by atoms with van der Waals surface area (Å²) in [5.74, 6) is 0.000948. The van der Waals surface area contributed by atoms with Crippen LogP contribution < -0.4 is 10.6 Å². The highest BCUT2D eigenvalue weighted by atomic mass is 35.5. The van der Waals surface area contributed by atoms with Gasteiger partial charge in [-0.25, -0.2) is 4.39 Å². The molecule has 0 spiro atoms. The van der Waals surface area contributed by atoms with Gasteiger partial charge in [-0.05, 0) is 47.9 Å². The largest absolute Gasteiger partial charge is 0.368 e. The van der Waals surface area contributed by atoms with Crippen LogP contribution in [-0.2, 0) is 13.0 Å². The van der Waals surface area contributed by atoms with E-state index in [2.05, 4.69) is 20.8 Å². The Morgan fingerprint density at radius 1 is 1.00 bits per heavy atom. The Labute approximate surface area is 161 Å². The first kappa shape index (κ1) is 18.8. The maximum absolute atomic E-state index is 12.9. The maximum atomic E-state index is 12.9. The summed E-state index contributed by atoms with van der Waals surface area (Å²) in [5, 5.41) is 14.4. The van der Waals surface area contributed by atoms with Gasteiger partial charge in [-0.3, -0.25) is 4.79 Å². The summed E-state index contributed by atoms with van der Waals surface area (Å²) in [6, 6.07) is 17.0. The van der Waals surface area contributed by atoms with Crippen molar-refractivity contribution in [2.75, 3.05) is 11.9 Å². The third-order valence-corrected chi connectivity index (χ3v) is 4.30. The van der Waals surface area contributed by atoms with Crippen molar-refractivity contribution in [3.8, 4) is 0 Å². The van der Waals surface area contributed by atoms with Crippen LogP contribution in [0.25, 0.3) is 0 Å². The van der Waals surface area contributed by atoms with Crippen molar-refractivity contribution in [1.29, 1.82) is 0 Å².